The molecule has 0 amide bonds. The third-order valence-corrected chi connectivity index (χ3v) is 5.39. The predicted octanol–water partition coefficient (Wildman–Crippen LogP) is 0.672. The summed E-state index contributed by atoms with van der Waals surface area (Å²) in [6, 6.07) is 11.6. The van der Waals surface area contributed by atoms with Crippen LogP contribution in [-0.2, 0) is 0 Å². The third-order valence-electron chi connectivity index (χ3n) is 5.39. The molecule has 114 valence electrons. The van der Waals surface area contributed by atoms with Crippen molar-refractivity contribution < 1.29 is 9.80 Å². The van der Waals surface area contributed by atoms with E-state index in [0.717, 1.165) is 12.0 Å². The monoisotopic (exact) mass is 286 g/mol. The molecule has 2 heteroatoms. The Kier molecular flexibility index (Phi) is 5.10. The molecule has 2 fully saturated rings. The van der Waals surface area contributed by atoms with E-state index in [1.54, 1.807) is 4.90 Å². The molecule has 1 aromatic carbocycles. The fourth-order valence-electron chi connectivity index (χ4n) is 4.04. The SMILES string of the molecule is C[C@H]1CC[C@@H]([NH+]2CC[NH+](C/C=C/c3ccccc3)CC2)C1. The lowest BCUT2D eigenvalue weighted by Crippen LogP contribution is -3.29. The van der Waals surface area contributed by atoms with Gasteiger partial charge in [0.1, 0.15) is 26.2 Å². The summed E-state index contributed by atoms with van der Waals surface area (Å²) >= 11 is 0. The van der Waals surface area contributed by atoms with Gasteiger partial charge in [0, 0.05) is 6.42 Å². The largest absolute Gasteiger partial charge is 0.323 e. The van der Waals surface area contributed by atoms with E-state index >= 15 is 0 Å². The number of quaternary nitrogens is 2. The molecule has 2 atom stereocenters. The maximum atomic E-state index is 2.43. The minimum atomic E-state index is 0.974. The first-order chi connectivity index (χ1) is 10.3. The normalized spacial score (nSPS) is 33.6. The van der Waals surface area contributed by atoms with Gasteiger partial charge in [0.15, 0.2) is 0 Å². The summed E-state index contributed by atoms with van der Waals surface area (Å²) in [6.07, 6.45) is 9.03. The zero-order valence-electron chi connectivity index (χ0n) is 13.4. The highest BCUT2D eigenvalue weighted by Gasteiger charge is 2.33. The minimum absolute atomic E-state index is 0.974. The highest BCUT2D eigenvalue weighted by atomic mass is 15.3. The van der Waals surface area contributed by atoms with Crippen LogP contribution in [0, 0.1) is 5.92 Å². The summed E-state index contributed by atoms with van der Waals surface area (Å²) in [5.41, 5.74) is 1.32. The summed E-state index contributed by atoms with van der Waals surface area (Å²) in [5, 5.41) is 0. The Bertz CT molecular complexity index is 446. The Balaban J connectivity index is 1.41. The summed E-state index contributed by atoms with van der Waals surface area (Å²) in [7, 11) is 0. The van der Waals surface area contributed by atoms with Crippen molar-refractivity contribution in [2.24, 2.45) is 5.92 Å². The van der Waals surface area contributed by atoms with Crippen LogP contribution in [0.25, 0.3) is 6.08 Å². The number of nitrogens with one attached hydrogen (secondary N) is 2. The standard InChI is InChI=1S/C19H28N2/c1-17-9-10-19(16-17)21-14-12-20(13-15-21)11-5-8-18-6-3-2-4-7-18/h2-8,17,19H,9-16H2,1H3/p+2/b8-5+/t17-,19+/m0/s1. The molecule has 1 saturated carbocycles. The van der Waals surface area contributed by atoms with Crippen LogP contribution in [0.1, 0.15) is 31.7 Å². The zero-order chi connectivity index (χ0) is 14.5. The number of hydrogen-bond acceptors (Lipinski definition) is 0. The maximum absolute atomic E-state index is 2.43. The van der Waals surface area contributed by atoms with Crippen molar-refractivity contribution in [3.63, 3.8) is 0 Å². The second-order valence-corrected chi connectivity index (χ2v) is 7.04. The maximum Gasteiger partial charge on any atom is 0.127 e. The molecule has 0 radical (unpaired) electrons. The average molecular weight is 286 g/mol. The lowest BCUT2D eigenvalue weighted by Gasteiger charge is -2.32. The lowest BCUT2D eigenvalue weighted by molar-refractivity contribution is -1.02. The second-order valence-electron chi connectivity index (χ2n) is 7.04. The fraction of sp³-hybridized carbons (Fsp3) is 0.579. The Morgan fingerprint density at radius 3 is 2.48 bits per heavy atom. The molecule has 0 aromatic heterocycles. The smallest absolute Gasteiger partial charge is 0.127 e. The summed E-state index contributed by atoms with van der Waals surface area (Å²) in [6.45, 7) is 9.06. The molecule has 1 aliphatic carbocycles. The summed E-state index contributed by atoms with van der Waals surface area (Å²) < 4.78 is 0. The van der Waals surface area contributed by atoms with E-state index in [-0.39, 0.29) is 0 Å². The van der Waals surface area contributed by atoms with Gasteiger partial charge < -0.3 is 9.80 Å². The van der Waals surface area contributed by atoms with Crippen molar-refractivity contribution in [2.45, 2.75) is 32.2 Å². The Morgan fingerprint density at radius 1 is 1.05 bits per heavy atom. The molecule has 1 heterocycles. The van der Waals surface area contributed by atoms with Crippen LogP contribution in [0.4, 0.5) is 0 Å². The van der Waals surface area contributed by atoms with Gasteiger partial charge >= 0.3 is 0 Å². The van der Waals surface area contributed by atoms with Crippen molar-refractivity contribution in [3.8, 4) is 0 Å². The van der Waals surface area contributed by atoms with E-state index in [9.17, 15) is 0 Å². The molecule has 0 spiro atoms. The average Bonchev–Trinajstić information content (AvgIpc) is 2.96. The molecule has 0 bridgehead atoms. The Morgan fingerprint density at radius 2 is 1.81 bits per heavy atom. The first-order valence-electron chi connectivity index (χ1n) is 8.71. The van der Waals surface area contributed by atoms with E-state index < -0.39 is 0 Å². The highest BCUT2D eigenvalue weighted by molar-refractivity contribution is 5.48. The van der Waals surface area contributed by atoms with Crippen molar-refractivity contribution in [1.29, 1.82) is 0 Å². The van der Waals surface area contributed by atoms with E-state index in [2.05, 4.69) is 49.4 Å². The van der Waals surface area contributed by atoms with Gasteiger partial charge in [-0.15, -0.1) is 0 Å². The van der Waals surface area contributed by atoms with Gasteiger partial charge in [0.25, 0.3) is 0 Å². The predicted molar refractivity (Wildman–Crippen MR) is 88.5 cm³/mol. The van der Waals surface area contributed by atoms with Crippen LogP contribution in [0.5, 0.6) is 0 Å². The van der Waals surface area contributed by atoms with E-state index in [1.807, 2.05) is 4.90 Å². The minimum Gasteiger partial charge on any atom is -0.323 e. The van der Waals surface area contributed by atoms with Crippen LogP contribution in [-0.4, -0.2) is 38.8 Å². The number of rotatable bonds is 4. The van der Waals surface area contributed by atoms with Gasteiger partial charge in [-0.25, -0.2) is 0 Å². The molecule has 1 saturated heterocycles. The Labute approximate surface area is 129 Å². The first kappa shape index (κ1) is 14.8. The van der Waals surface area contributed by atoms with Crippen molar-refractivity contribution >= 4 is 6.08 Å². The van der Waals surface area contributed by atoms with Gasteiger partial charge in [-0.2, -0.15) is 0 Å². The van der Waals surface area contributed by atoms with E-state index in [4.69, 9.17) is 0 Å². The van der Waals surface area contributed by atoms with Crippen molar-refractivity contribution in [2.75, 3.05) is 32.7 Å². The van der Waals surface area contributed by atoms with Crippen LogP contribution in [0.15, 0.2) is 36.4 Å². The molecule has 3 rings (SSSR count). The highest BCUT2D eigenvalue weighted by Crippen LogP contribution is 2.22. The summed E-state index contributed by atoms with van der Waals surface area (Å²) in [4.78, 5) is 3.66. The molecule has 2 nitrogen and oxygen atoms in total. The van der Waals surface area contributed by atoms with Crippen LogP contribution < -0.4 is 9.80 Å². The Hall–Kier alpha value is -1.12. The van der Waals surface area contributed by atoms with E-state index in [0.29, 0.717) is 0 Å². The molecular formula is C19H30N2+2. The molecule has 0 unspecified atom stereocenters. The number of benzene rings is 1. The lowest BCUT2D eigenvalue weighted by atomic mass is 10.1. The quantitative estimate of drug-likeness (QED) is 0.805. The van der Waals surface area contributed by atoms with Gasteiger partial charge in [0.2, 0.25) is 0 Å². The van der Waals surface area contributed by atoms with Crippen LogP contribution in [0.3, 0.4) is 0 Å². The first-order valence-corrected chi connectivity index (χ1v) is 8.71. The van der Waals surface area contributed by atoms with E-state index in [1.165, 1.54) is 57.5 Å². The van der Waals surface area contributed by atoms with Crippen molar-refractivity contribution in [1.82, 2.24) is 0 Å². The number of piperazine rings is 1. The zero-order valence-corrected chi connectivity index (χ0v) is 13.4. The molecular weight excluding hydrogens is 256 g/mol. The fourth-order valence-corrected chi connectivity index (χ4v) is 4.04. The molecule has 2 N–H and O–H groups in total. The second kappa shape index (κ2) is 7.24. The molecule has 21 heavy (non-hydrogen) atoms. The van der Waals surface area contributed by atoms with Crippen molar-refractivity contribution in [3.05, 3.63) is 42.0 Å². The van der Waals surface area contributed by atoms with Crippen LogP contribution >= 0.6 is 0 Å². The van der Waals surface area contributed by atoms with Crippen LogP contribution in [0.2, 0.25) is 0 Å². The molecule has 1 aromatic rings. The molecule has 1 aliphatic heterocycles. The topological polar surface area (TPSA) is 8.88 Å². The van der Waals surface area contributed by atoms with Gasteiger partial charge in [0.05, 0.1) is 12.6 Å². The van der Waals surface area contributed by atoms with Gasteiger partial charge in [-0.3, -0.25) is 0 Å². The summed E-state index contributed by atoms with van der Waals surface area (Å²) in [5.74, 6) is 0.974. The molecule has 2 aliphatic rings. The number of hydrogen-bond donors (Lipinski definition) is 2. The van der Waals surface area contributed by atoms with Gasteiger partial charge in [-0.05, 0) is 30.4 Å². The van der Waals surface area contributed by atoms with Gasteiger partial charge in [-0.1, -0.05) is 43.3 Å². The third kappa shape index (κ3) is 4.18.